The van der Waals surface area contributed by atoms with Crippen LogP contribution in [0.25, 0.3) is 0 Å². The number of amides is 1. The lowest BCUT2D eigenvalue weighted by Gasteiger charge is -2.11. The van der Waals surface area contributed by atoms with Crippen LogP contribution in [0.15, 0.2) is 27.6 Å². The molecule has 1 heterocycles. The van der Waals surface area contributed by atoms with Crippen molar-refractivity contribution in [3.05, 3.63) is 28.2 Å². The largest absolute Gasteiger partial charge is 0.478 e. The zero-order valence-corrected chi connectivity index (χ0v) is 12.2. The highest BCUT2D eigenvalue weighted by Gasteiger charge is 2.31. The van der Waals surface area contributed by atoms with Crippen LogP contribution >= 0.6 is 15.9 Å². The summed E-state index contributed by atoms with van der Waals surface area (Å²) in [6, 6.07) is 2.45. The van der Waals surface area contributed by atoms with Crippen molar-refractivity contribution in [3.63, 3.8) is 0 Å². The minimum atomic E-state index is -3.98. The Morgan fingerprint density at radius 1 is 1.50 bits per heavy atom. The van der Waals surface area contributed by atoms with Gasteiger partial charge >= 0.3 is 5.97 Å². The van der Waals surface area contributed by atoms with Gasteiger partial charge in [0.2, 0.25) is 10.0 Å². The maximum absolute atomic E-state index is 12.1. The van der Waals surface area contributed by atoms with Crippen LogP contribution in [-0.4, -0.2) is 38.0 Å². The molecule has 1 atom stereocenters. The number of benzene rings is 1. The zero-order valence-electron chi connectivity index (χ0n) is 9.79. The third-order valence-electron chi connectivity index (χ3n) is 2.51. The molecule has 1 amide bonds. The predicted octanol–water partition coefficient (Wildman–Crippen LogP) is -0.144. The van der Waals surface area contributed by atoms with Gasteiger partial charge in [-0.15, -0.1) is 0 Å². The number of carboxylic acids is 1. The molecule has 1 saturated heterocycles. The van der Waals surface area contributed by atoms with Gasteiger partial charge in [0.25, 0.3) is 5.91 Å². The fourth-order valence-corrected chi connectivity index (χ4v) is 3.79. The lowest BCUT2D eigenvalue weighted by molar-refractivity contribution is -0.124. The number of halogens is 1. The number of nitrogens with one attached hydrogen (secondary N) is 2. The fraction of sp³-hybridized carbons (Fsp3) is 0.200. The number of rotatable bonds is 4. The van der Waals surface area contributed by atoms with Crippen molar-refractivity contribution in [2.75, 3.05) is 6.61 Å². The van der Waals surface area contributed by atoms with Gasteiger partial charge in [-0.1, -0.05) is 0 Å². The lowest BCUT2D eigenvalue weighted by Crippen LogP contribution is -2.41. The van der Waals surface area contributed by atoms with Crippen LogP contribution in [0.1, 0.15) is 10.4 Å². The summed E-state index contributed by atoms with van der Waals surface area (Å²) in [5.74, 6) is -1.77. The van der Waals surface area contributed by atoms with Crippen molar-refractivity contribution < 1.29 is 28.0 Å². The van der Waals surface area contributed by atoms with Crippen LogP contribution in [0, 0.1) is 0 Å². The Hall–Kier alpha value is -1.49. The molecule has 10 heteroatoms. The third kappa shape index (κ3) is 2.98. The van der Waals surface area contributed by atoms with Crippen LogP contribution in [0.4, 0.5) is 0 Å². The summed E-state index contributed by atoms with van der Waals surface area (Å²) in [4.78, 5) is 26.5. The van der Waals surface area contributed by atoms with Gasteiger partial charge in [0.1, 0.15) is 12.6 Å². The van der Waals surface area contributed by atoms with Gasteiger partial charge in [0.15, 0.2) is 0 Å². The normalized spacial score (nSPS) is 18.9. The van der Waals surface area contributed by atoms with Crippen LogP contribution in [0.5, 0.6) is 0 Å². The topological polar surface area (TPSA) is 122 Å². The van der Waals surface area contributed by atoms with Gasteiger partial charge in [0.05, 0.1) is 10.5 Å². The fourth-order valence-electron chi connectivity index (χ4n) is 1.53. The summed E-state index contributed by atoms with van der Waals surface area (Å²) in [6.45, 7) is -0.122. The van der Waals surface area contributed by atoms with E-state index in [-0.39, 0.29) is 21.5 Å². The third-order valence-corrected chi connectivity index (χ3v) is 4.95. The Morgan fingerprint density at radius 3 is 2.70 bits per heavy atom. The molecule has 20 heavy (non-hydrogen) atoms. The number of hydroxylamine groups is 1. The monoisotopic (exact) mass is 364 g/mol. The molecule has 3 N–H and O–H groups in total. The molecule has 0 radical (unpaired) electrons. The second-order valence-corrected chi connectivity index (χ2v) is 6.44. The molecule has 1 fully saturated rings. The number of carbonyl (C=O) groups is 2. The van der Waals surface area contributed by atoms with Crippen molar-refractivity contribution in [1.82, 2.24) is 10.2 Å². The van der Waals surface area contributed by atoms with Crippen molar-refractivity contribution >= 4 is 37.8 Å². The summed E-state index contributed by atoms with van der Waals surface area (Å²) < 4.78 is 26.5. The molecule has 1 aromatic carbocycles. The van der Waals surface area contributed by atoms with Crippen molar-refractivity contribution in [1.29, 1.82) is 0 Å². The first-order valence-corrected chi connectivity index (χ1v) is 7.56. The molecule has 0 aliphatic carbocycles. The van der Waals surface area contributed by atoms with E-state index in [1.54, 1.807) is 0 Å². The van der Waals surface area contributed by atoms with E-state index in [9.17, 15) is 18.0 Å². The van der Waals surface area contributed by atoms with E-state index in [0.717, 1.165) is 12.1 Å². The average molecular weight is 365 g/mol. The van der Waals surface area contributed by atoms with Gasteiger partial charge in [-0.05, 0) is 34.1 Å². The van der Waals surface area contributed by atoms with Gasteiger partial charge in [-0.2, -0.15) is 4.72 Å². The quantitative estimate of drug-likeness (QED) is 0.683. The smallest absolute Gasteiger partial charge is 0.335 e. The van der Waals surface area contributed by atoms with E-state index in [0.29, 0.717) is 0 Å². The first-order valence-electron chi connectivity index (χ1n) is 5.28. The molecule has 0 unspecified atom stereocenters. The summed E-state index contributed by atoms with van der Waals surface area (Å²) in [5, 5.41) is 8.81. The zero-order chi connectivity index (χ0) is 14.9. The highest BCUT2D eigenvalue weighted by atomic mass is 79.9. The molecule has 0 aromatic heterocycles. The number of aromatic carboxylic acids is 1. The molecule has 1 aromatic rings. The Kier molecular flexibility index (Phi) is 4.09. The first-order chi connectivity index (χ1) is 9.31. The standard InChI is InChI=1S/C10H9BrN2O6S/c11-6-3-5(10(15)16)1-2-8(6)20(17,18)13-7-4-19-12-9(7)14/h1-3,7,13H,4H2,(H,12,14)(H,15,16)/t7-/m1/s1. The molecular weight excluding hydrogens is 356 g/mol. The highest BCUT2D eigenvalue weighted by Crippen LogP contribution is 2.23. The number of hydrogen-bond donors (Lipinski definition) is 3. The van der Waals surface area contributed by atoms with Crippen molar-refractivity contribution in [2.45, 2.75) is 10.9 Å². The predicted molar refractivity (Wildman–Crippen MR) is 69.3 cm³/mol. The Bertz CT molecular complexity index is 674. The van der Waals surface area contributed by atoms with E-state index >= 15 is 0 Å². The van der Waals surface area contributed by atoms with E-state index in [1.807, 2.05) is 5.48 Å². The molecule has 1 aliphatic rings. The Balaban J connectivity index is 2.30. The van der Waals surface area contributed by atoms with E-state index < -0.39 is 27.9 Å². The number of sulfonamides is 1. The molecule has 108 valence electrons. The van der Waals surface area contributed by atoms with Gasteiger partial charge in [-0.25, -0.2) is 18.7 Å². The van der Waals surface area contributed by atoms with E-state index in [1.165, 1.54) is 6.07 Å². The second kappa shape index (κ2) is 5.48. The maximum atomic E-state index is 12.1. The minimum absolute atomic E-state index is 0.0576. The summed E-state index contributed by atoms with van der Waals surface area (Å²) >= 11 is 3.00. The highest BCUT2D eigenvalue weighted by molar-refractivity contribution is 9.10. The molecule has 8 nitrogen and oxygen atoms in total. The summed E-state index contributed by atoms with van der Waals surface area (Å²) in [5.41, 5.74) is 1.97. The Labute approximate surface area is 122 Å². The summed E-state index contributed by atoms with van der Waals surface area (Å²) in [6.07, 6.45) is 0. The van der Waals surface area contributed by atoms with Gasteiger partial charge in [-0.3, -0.25) is 9.63 Å². The van der Waals surface area contributed by atoms with Crippen LogP contribution < -0.4 is 10.2 Å². The molecular formula is C10H9BrN2O6S. The molecule has 1 aliphatic heterocycles. The molecule has 2 rings (SSSR count). The van der Waals surface area contributed by atoms with Crippen molar-refractivity contribution in [3.8, 4) is 0 Å². The summed E-state index contributed by atoms with van der Waals surface area (Å²) in [7, 11) is -3.98. The number of carboxylic acid groups (broad SMARTS) is 1. The van der Waals surface area contributed by atoms with Gasteiger partial charge in [0, 0.05) is 4.47 Å². The molecule has 0 spiro atoms. The molecule has 0 bridgehead atoms. The van der Waals surface area contributed by atoms with E-state index in [2.05, 4.69) is 25.5 Å². The van der Waals surface area contributed by atoms with Crippen LogP contribution in [-0.2, 0) is 19.7 Å². The van der Waals surface area contributed by atoms with Crippen LogP contribution in [0.3, 0.4) is 0 Å². The lowest BCUT2D eigenvalue weighted by atomic mass is 10.2. The first kappa shape index (κ1) is 14.9. The average Bonchev–Trinajstić information content (AvgIpc) is 2.73. The second-order valence-electron chi connectivity index (χ2n) is 3.90. The molecule has 0 saturated carbocycles. The van der Waals surface area contributed by atoms with E-state index in [4.69, 9.17) is 5.11 Å². The maximum Gasteiger partial charge on any atom is 0.335 e. The number of carbonyl (C=O) groups excluding carboxylic acids is 1. The number of hydrogen-bond acceptors (Lipinski definition) is 5. The minimum Gasteiger partial charge on any atom is -0.478 e. The van der Waals surface area contributed by atoms with Crippen molar-refractivity contribution in [2.24, 2.45) is 0 Å². The SMILES string of the molecule is O=C(O)c1ccc(S(=O)(=O)N[C@@H]2CONC2=O)c(Br)c1. The van der Waals surface area contributed by atoms with Crippen LogP contribution in [0.2, 0.25) is 0 Å². The Morgan fingerprint density at radius 2 is 2.20 bits per heavy atom. The van der Waals surface area contributed by atoms with Gasteiger partial charge < -0.3 is 5.11 Å².